The molecule has 102 valence electrons. The first-order valence-corrected chi connectivity index (χ1v) is 7.33. The Kier molecular flexibility index (Phi) is 4.18. The van der Waals surface area contributed by atoms with Gasteiger partial charge in [0, 0.05) is 31.2 Å². The van der Waals surface area contributed by atoms with E-state index in [0.717, 1.165) is 18.8 Å². The second kappa shape index (κ2) is 5.85. The van der Waals surface area contributed by atoms with Gasteiger partial charge in [-0.2, -0.15) is 0 Å². The van der Waals surface area contributed by atoms with Crippen LogP contribution in [0.5, 0.6) is 0 Å². The highest BCUT2D eigenvalue weighted by atomic mass is 32.2. The molecule has 0 atom stereocenters. The Bertz CT molecular complexity index is 606. The molecule has 0 saturated heterocycles. The molecule has 0 bridgehead atoms. The number of anilines is 1. The van der Waals surface area contributed by atoms with Crippen LogP contribution in [-0.4, -0.2) is 31.6 Å². The number of nitrogens with one attached hydrogen (secondary N) is 2. The lowest BCUT2D eigenvalue weighted by molar-refractivity contribution is 0.588. The summed E-state index contributed by atoms with van der Waals surface area (Å²) in [7, 11) is -1.97. The smallest absolute Gasteiger partial charge is 0.240 e. The summed E-state index contributed by atoms with van der Waals surface area (Å²) >= 11 is 0. The van der Waals surface area contributed by atoms with Crippen molar-refractivity contribution in [3.05, 3.63) is 43.0 Å². The first-order valence-electron chi connectivity index (χ1n) is 5.85. The van der Waals surface area contributed by atoms with E-state index in [4.69, 9.17) is 0 Å². The van der Waals surface area contributed by atoms with Gasteiger partial charge < -0.3 is 9.88 Å². The number of rotatable bonds is 6. The summed E-state index contributed by atoms with van der Waals surface area (Å²) in [6.45, 7) is 1.55. The number of imidazole rings is 1. The van der Waals surface area contributed by atoms with Crippen LogP contribution in [-0.2, 0) is 16.6 Å². The van der Waals surface area contributed by atoms with Gasteiger partial charge in [-0.15, -0.1) is 0 Å². The number of aromatic nitrogens is 2. The maximum Gasteiger partial charge on any atom is 0.240 e. The van der Waals surface area contributed by atoms with E-state index < -0.39 is 10.0 Å². The van der Waals surface area contributed by atoms with Crippen molar-refractivity contribution in [1.29, 1.82) is 0 Å². The van der Waals surface area contributed by atoms with E-state index >= 15 is 0 Å². The zero-order valence-electron chi connectivity index (χ0n) is 10.6. The maximum atomic E-state index is 11.5. The third kappa shape index (κ3) is 3.55. The van der Waals surface area contributed by atoms with Crippen molar-refractivity contribution in [2.45, 2.75) is 11.4 Å². The first-order chi connectivity index (χ1) is 9.12. The van der Waals surface area contributed by atoms with Crippen LogP contribution in [0.3, 0.4) is 0 Å². The van der Waals surface area contributed by atoms with Gasteiger partial charge in [0.2, 0.25) is 10.0 Å². The zero-order chi connectivity index (χ0) is 13.7. The predicted molar refractivity (Wildman–Crippen MR) is 73.4 cm³/mol. The fourth-order valence-electron chi connectivity index (χ4n) is 1.62. The lowest BCUT2D eigenvalue weighted by atomic mass is 10.3. The molecule has 7 heteroatoms. The molecule has 0 amide bonds. The number of benzene rings is 1. The highest BCUT2D eigenvalue weighted by Crippen LogP contribution is 2.13. The van der Waals surface area contributed by atoms with E-state index in [-0.39, 0.29) is 4.90 Å². The molecule has 0 saturated carbocycles. The van der Waals surface area contributed by atoms with Crippen LogP contribution in [0, 0.1) is 0 Å². The SMILES string of the molecule is CNS(=O)(=O)c1ccc(NCCn2ccnc2)cc1. The fourth-order valence-corrected chi connectivity index (χ4v) is 2.35. The number of hydrogen-bond acceptors (Lipinski definition) is 4. The van der Waals surface area contributed by atoms with Gasteiger partial charge in [0.25, 0.3) is 0 Å². The van der Waals surface area contributed by atoms with E-state index in [1.807, 2.05) is 10.8 Å². The lowest BCUT2D eigenvalue weighted by Crippen LogP contribution is -2.18. The van der Waals surface area contributed by atoms with Gasteiger partial charge in [0.15, 0.2) is 0 Å². The van der Waals surface area contributed by atoms with Crippen molar-refractivity contribution in [3.63, 3.8) is 0 Å². The molecule has 2 N–H and O–H groups in total. The van der Waals surface area contributed by atoms with Gasteiger partial charge in [0.1, 0.15) is 0 Å². The fraction of sp³-hybridized carbons (Fsp3) is 0.250. The maximum absolute atomic E-state index is 11.5. The Morgan fingerprint density at radius 1 is 1.26 bits per heavy atom. The Morgan fingerprint density at radius 3 is 2.58 bits per heavy atom. The second-order valence-corrected chi connectivity index (χ2v) is 5.85. The van der Waals surface area contributed by atoms with Gasteiger partial charge in [-0.05, 0) is 31.3 Å². The summed E-state index contributed by atoms with van der Waals surface area (Å²) in [6, 6.07) is 6.65. The Labute approximate surface area is 112 Å². The van der Waals surface area contributed by atoms with Crippen molar-refractivity contribution < 1.29 is 8.42 Å². The van der Waals surface area contributed by atoms with Crippen LogP contribution >= 0.6 is 0 Å². The topological polar surface area (TPSA) is 76.0 Å². The summed E-state index contributed by atoms with van der Waals surface area (Å²) in [6.07, 6.45) is 5.38. The van der Waals surface area contributed by atoms with E-state index in [1.165, 1.54) is 7.05 Å². The van der Waals surface area contributed by atoms with Crippen LogP contribution in [0.4, 0.5) is 5.69 Å². The van der Waals surface area contributed by atoms with Crippen LogP contribution in [0.1, 0.15) is 0 Å². The molecule has 2 aromatic rings. The number of hydrogen-bond donors (Lipinski definition) is 2. The summed E-state index contributed by atoms with van der Waals surface area (Å²) in [5.41, 5.74) is 0.884. The molecule has 2 rings (SSSR count). The zero-order valence-corrected chi connectivity index (χ0v) is 11.4. The van der Waals surface area contributed by atoms with Crippen molar-refractivity contribution in [2.75, 3.05) is 18.9 Å². The molecule has 0 aliphatic heterocycles. The highest BCUT2D eigenvalue weighted by Gasteiger charge is 2.09. The standard InChI is InChI=1S/C12H16N4O2S/c1-13-19(17,18)12-4-2-11(3-5-12)15-7-9-16-8-6-14-10-16/h2-6,8,10,13,15H,7,9H2,1H3. The lowest BCUT2D eigenvalue weighted by Gasteiger charge is -2.08. The monoisotopic (exact) mass is 280 g/mol. The molecule has 0 unspecified atom stereocenters. The van der Waals surface area contributed by atoms with E-state index in [2.05, 4.69) is 15.0 Å². The summed E-state index contributed by atoms with van der Waals surface area (Å²) in [5, 5.41) is 3.22. The highest BCUT2D eigenvalue weighted by molar-refractivity contribution is 7.89. The Morgan fingerprint density at radius 2 is 2.00 bits per heavy atom. The number of sulfonamides is 1. The van der Waals surface area contributed by atoms with Gasteiger partial charge in [-0.1, -0.05) is 0 Å². The van der Waals surface area contributed by atoms with Crippen LogP contribution < -0.4 is 10.0 Å². The average Bonchev–Trinajstić information content (AvgIpc) is 2.92. The summed E-state index contributed by atoms with van der Waals surface area (Å²) in [5.74, 6) is 0. The molecule has 1 heterocycles. The minimum Gasteiger partial charge on any atom is -0.383 e. The molecule has 0 spiro atoms. The van der Waals surface area contributed by atoms with Gasteiger partial charge in [-0.25, -0.2) is 18.1 Å². The quantitative estimate of drug-likeness (QED) is 0.824. The minimum atomic E-state index is -3.36. The molecule has 0 aliphatic carbocycles. The van der Waals surface area contributed by atoms with E-state index in [1.54, 1.807) is 36.8 Å². The molecule has 0 radical (unpaired) electrons. The Hall–Kier alpha value is -1.86. The molecule has 0 aliphatic rings. The molecule has 6 nitrogen and oxygen atoms in total. The van der Waals surface area contributed by atoms with Gasteiger partial charge in [0.05, 0.1) is 11.2 Å². The van der Waals surface area contributed by atoms with Crippen LogP contribution in [0.25, 0.3) is 0 Å². The number of nitrogens with zero attached hydrogens (tertiary/aromatic N) is 2. The van der Waals surface area contributed by atoms with Gasteiger partial charge in [-0.3, -0.25) is 0 Å². The largest absolute Gasteiger partial charge is 0.383 e. The van der Waals surface area contributed by atoms with E-state index in [0.29, 0.717) is 0 Å². The average molecular weight is 280 g/mol. The van der Waals surface area contributed by atoms with Crippen LogP contribution in [0.2, 0.25) is 0 Å². The molecular weight excluding hydrogens is 264 g/mol. The van der Waals surface area contributed by atoms with Crippen molar-refractivity contribution in [1.82, 2.24) is 14.3 Å². The van der Waals surface area contributed by atoms with Gasteiger partial charge >= 0.3 is 0 Å². The van der Waals surface area contributed by atoms with Crippen molar-refractivity contribution in [3.8, 4) is 0 Å². The van der Waals surface area contributed by atoms with Crippen molar-refractivity contribution in [2.24, 2.45) is 0 Å². The molecule has 0 fully saturated rings. The molecule has 19 heavy (non-hydrogen) atoms. The molecule has 1 aromatic carbocycles. The Balaban J connectivity index is 1.92. The van der Waals surface area contributed by atoms with Crippen LogP contribution in [0.15, 0.2) is 47.9 Å². The first kappa shape index (κ1) is 13.6. The molecular formula is C12H16N4O2S. The summed E-state index contributed by atoms with van der Waals surface area (Å²) < 4.78 is 27.3. The second-order valence-electron chi connectivity index (χ2n) is 3.96. The third-order valence-corrected chi connectivity index (χ3v) is 4.12. The summed E-state index contributed by atoms with van der Waals surface area (Å²) in [4.78, 5) is 4.22. The normalized spacial score (nSPS) is 11.4. The minimum absolute atomic E-state index is 0.259. The van der Waals surface area contributed by atoms with E-state index in [9.17, 15) is 8.42 Å². The predicted octanol–water partition coefficient (Wildman–Crippen LogP) is 0.903. The molecule has 1 aromatic heterocycles. The van der Waals surface area contributed by atoms with Crippen molar-refractivity contribution >= 4 is 15.7 Å². The third-order valence-electron chi connectivity index (χ3n) is 2.69.